The second kappa shape index (κ2) is 6.54. The topological polar surface area (TPSA) is 55.3 Å². The fourth-order valence-corrected chi connectivity index (χ4v) is 4.28. The molecule has 1 saturated heterocycles. The van der Waals surface area contributed by atoms with Crippen LogP contribution in [0, 0.1) is 13.8 Å². The summed E-state index contributed by atoms with van der Waals surface area (Å²) < 4.78 is 6.46. The van der Waals surface area contributed by atoms with Crippen LogP contribution in [0.5, 0.6) is 0 Å². The van der Waals surface area contributed by atoms with Crippen LogP contribution in [0.4, 0.5) is 0 Å². The number of aryl methyl sites for hydroxylation is 2. The lowest BCUT2D eigenvalue weighted by Gasteiger charge is -2.26. The number of rotatable bonds is 2. The summed E-state index contributed by atoms with van der Waals surface area (Å²) >= 11 is 1.56. The van der Waals surface area contributed by atoms with Crippen molar-refractivity contribution in [2.75, 3.05) is 26.3 Å². The van der Waals surface area contributed by atoms with Gasteiger partial charge in [0.2, 0.25) is 0 Å². The summed E-state index contributed by atoms with van der Waals surface area (Å²) in [6.07, 6.45) is 3.67. The molecule has 3 aromatic rings. The van der Waals surface area contributed by atoms with Gasteiger partial charge in [0.25, 0.3) is 5.91 Å². The van der Waals surface area contributed by atoms with Gasteiger partial charge in [-0.3, -0.25) is 4.79 Å². The second-order valence-electron chi connectivity index (χ2n) is 6.19. The number of hydrogen-bond acceptors (Lipinski definition) is 5. The normalized spacial score (nSPS) is 14.9. The highest BCUT2D eigenvalue weighted by atomic mass is 32.1. The van der Waals surface area contributed by atoms with Gasteiger partial charge in [-0.2, -0.15) is 0 Å². The molecule has 0 N–H and O–H groups in total. The minimum Gasteiger partial charge on any atom is -0.378 e. The number of hydrogen-bond donors (Lipinski definition) is 0. The number of ether oxygens (including phenoxy) is 1. The zero-order valence-corrected chi connectivity index (χ0v) is 15.1. The van der Waals surface area contributed by atoms with Gasteiger partial charge in [0.15, 0.2) is 0 Å². The van der Waals surface area contributed by atoms with Gasteiger partial charge in [0.1, 0.15) is 5.82 Å². The first-order valence-corrected chi connectivity index (χ1v) is 9.14. The summed E-state index contributed by atoms with van der Waals surface area (Å²) in [7, 11) is 0. The summed E-state index contributed by atoms with van der Waals surface area (Å²) in [5, 5.41) is 1.14. The molecule has 1 fully saturated rings. The third-order valence-corrected chi connectivity index (χ3v) is 5.79. The van der Waals surface area contributed by atoms with E-state index in [4.69, 9.17) is 4.74 Å². The SMILES string of the molecule is Cc1ncc(-c2ccc3c(C)c(C(=O)N4CCOCC4)sc3c2)cn1. The molecular weight excluding hydrogens is 334 g/mol. The lowest BCUT2D eigenvalue weighted by Crippen LogP contribution is -2.40. The molecule has 0 bridgehead atoms. The van der Waals surface area contributed by atoms with Crippen molar-refractivity contribution in [1.29, 1.82) is 0 Å². The Hall–Kier alpha value is -2.31. The maximum atomic E-state index is 12.8. The van der Waals surface area contributed by atoms with E-state index in [0.29, 0.717) is 26.3 Å². The third-order valence-electron chi connectivity index (χ3n) is 4.55. The Labute approximate surface area is 150 Å². The molecule has 2 aromatic heterocycles. The number of nitrogens with zero attached hydrogens (tertiary/aromatic N) is 3. The smallest absolute Gasteiger partial charge is 0.264 e. The maximum absolute atomic E-state index is 12.8. The van der Waals surface area contributed by atoms with Crippen LogP contribution in [0.3, 0.4) is 0 Å². The average molecular weight is 353 g/mol. The van der Waals surface area contributed by atoms with E-state index >= 15 is 0 Å². The summed E-state index contributed by atoms with van der Waals surface area (Å²) in [6, 6.07) is 6.28. The first kappa shape index (κ1) is 16.2. The molecule has 0 spiro atoms. The van der Waals surface area contributed by atoms with E-state index in [-0.39, 0.29) is 5.91 Å². The Morgan fingerprint density at radius 3 is 2.56 bits per heavy atom. The van der Waals surface area contributed by atoms with E-state index in [1.807, 2.05) is 31.1 Å². The van der Waals surface area contributed by atoms with Crippen LogP contribution in [-0.4, -0.2) is 47.1 Å². The highest BCUT2D eigenvalue weighted by molar-refractivity contribution is 7.21. The van der Waals surface area contributed by atoms with Gasteiger partial charge >= 0.3 is 0 Å². The summed E-state index contributed by atoms with van der Waals surface area (Å²) in [6.45, 7) is 6.47. The van der Waals surface area contributed by atoms with Crippen molar-refractivity contribution in [3.05, 3.63) is 46.9 Å². The van der Waals surface area contributed by atoms with Gasteiger partial charge in [0.05, 0.1) is 18.1 Å². The van der Waals surface area contributed by atoms with Crippen LogP contribution in [-0.2, 0) is 4.74 Å². The van der Waals surface area contributed by atoms with Gasteiger partial charge in [-0.25, -0.2) is 9.97 Å². The molecular formula is C19H19N3O2S. The molecule has 0 aliphatic carbocycles. The van der Waals surface area contributed by atoms with Gasteiger partial charge in [-0.1, -0.05) is 12.1 Å². The molecule has 3 heterocycles. The number of carbonyl (C=O) groups excluding carboxylic acids is 1. The first-order chi connectivity index (χ1) is 12.1. The van der Waals surface area contributed by atoms with Gasteiger partial charge in [0, 0.05) is 35.7 Å². The molecule has 0 saturated carbocycles. The molecule has 0 unspecified atom stereocenters. The van der Waals surface area contributed by atoms with Crippen LogP contribution in [0.15, 0.2) is 30.6 Å². The van der Waals surface area contributed by atoms with Crippen LogP contribution in [0.2, 0.25) is 0 Å². The molecule has 0 atom stereocenters. The van der Waals surface area contributed by atoms with Crippen LogP contribution in [0.1, 0.15) is 21.1 Å². The zero-order valence-electron chi connectivity index (χ0n) is 14.3. The van der Waals surface area contributed by atoms with Crippen molar-refractivity contribution in [3.63, 3.8) is 0 Å². The Morgan fingerprint density at radius 2 is 1.84 bits per heavy atom. The Kier molecular flexibility index (Phi) is 4.23. The van der Waals surface area contributed by atoms with Crippen molar-refractivity contribution in [2.45, 2.75) is 13.8 Å². The molecule has 25 heavy (non-hydrogen) atoms. The van der Waals surface area contributed by atoms with Crippen LogP contribution < -0.4 is 0 Å². The molecule has 0 radical (unpaired) electrons. The number of thiophene rings is 1. The van der Waals surface area contributed by atoms with E-state index in [1.165, 1.54) is 0 Å². The second-order valence-corrected chi connectivity index (χ2v) is 7.24. The largest absolute Gasteiger partial charge is 0.378 e. The van der Waals surface area contributed by atoms with Crippen molar-refractivity contribution in [1.82, 2.24) is 14.9 Å². The van der Waals surface area contributed by atoms with E-state index in [1.54, 1.807) is 11.3 Å². The van der Waals surface area contributed by atoms with Crippen molar-refractivity contribution in [2.24, 2.45) is 0 Å². The van der Waals surface area contributed by atoms with E-state index in [9.17, 15) is 4.79 Å². The third kappa shape index (κ3) is 3.03. The van der Waals surface area contributed by atoms with Gasteiger partial charge < -0.3 is 9.64 Å². The Balaban J connectivity index is 1.71. The van der Waals surface area contributed by atoms with Crippen LogP contribution in [0.25, 0.3) is 21.2 Å². The number of morpholine rings is 1. The summed E-state index contributed by atoms with van der Waals surface area (Å²) in [5.74, 6) is 0.873. The minimum atomic E-state index is 0.113. The predicted molar refractivity (Wildman–Crippen MR) is 99.0 cm³/mol. The van der Waals surface area contributed by atoms with Crippen LogP contribution >= 0.6 is 11.3 Å². The Bertz CT molecular complexity index is 928. The number of fused-ring (bicyclic) bond motifs is 1. The predicted octanol–water partition coefficient (Wildman–Crippen LogP) is 3.45. The molecule has 1 aliphatic heterocycles. The fraction of sp³-hybridized carbons (Fsp3) is 0.316. The highest BCUT2D eigenvalue weighted by Gasteiger charge is 2.23. The molecule has 1 amide bonds. The van der Waals surface area contributed by atoms with Gasteiger partial charge in [-0.05, 0) is 36.4 Å². The van der Waals surface area contributed by atoms with Crippen molar-refractivity contribution in [3.8, 4) is 11.1 Å². The maximum Gasteiger partial charge on any atom is 0.264 e. The molecule has 1 aliphatic rings. The monoisotopic (exact) mass is 353 g/mol. The number of amides is 1. The summed E-state index contributed by atoms with van der Waals surface area (Å²) in [5.41, 5.74) is 3.11. The molecule has 4 rings (SSSR count). The molecule has 128 valence electrons. The summed E-state index contributed by atoms with van der Waals surface area (Å²) in [4.78, 5) is 24.1. The lowest BCUT2D eigenvalue weighted by molar-refractivity contribution is 0.0306. The Morgan fingerprint density at radius 1 is 1.12 bits per heavy atom. The minimum absolute atomic E-state index is 0.113. The number of benzene rings is 1. The zero-order chi connectivity index (χ0) is 17.4. The molecule has 6 heteroatoms. The molecule has 1 aromatic carbocycles. The standard InChI is InChI=1S/C19H19N3O2S/c1-12-16-4-3-14(15-10-20-13(2)21-11-15)9-17(16)25-18(12)19(23)22-5-7-24-8-6-22/h3-4,9-11H,5-8H2,1-2H3. The van der Waals surface area contributed by atoms with Crippen molar-refractivity contribution >= 4 is 27.3 Å². The van der Waals surface area contributed by atoms with E-state index in [2.05, 4.69) is 28.2 Å². The van der Waals surface area contributed by atoms with E-state index in [0.717, 1.165) is 37.5 Å². The fourth-order valence-electron chi connectivity index (χ4n) is 3.06. The average Bonchev–Trinajstić information content (AvgIpc) is 2.98. The number of aromatic nitrogens is 2. The quantitative estimate of drug-likeness (QED) is 0.708. The molecule has 5 nitrogen and oxygen atoms in total. The highest BCUT2D eigenvalue weighted by Crippen LogP contribution is 2.34. The first-order valence-electron chi connectivity index (χ1n) is 8.32. The number of carbonyl (C=O) groups is 1. The van der Waals surface area contributed by atoms with E-state index < -0.39 is 0 Å². The van der Waals surface area contributed by atoms with Gasteiger partial charge in [-0.15, -0.1) is 11.3 Å². The van der Waals surface area contributed by atoms with Crippen molar-refractivity contribution < 1.29 is 9.53 Å². The lowest BCUT2D eigenvalue weighted by atomic mass is 10.1.